The smallest absolute Gasteiger partial charge is 0.264 e. The van der Waals surface area contributed by atoms with Gasteiger partial charge in [-0.2, -0.15) is 0 Å². The maximum absolute atomic E-state index is 9.76. The molecule has 0 radical (unpaired) electrons. The average Bonchev–Trinajstić information content (AvgIpc) is 1.68. The molecule has 0 spiro atoms. The van der Waals surface area contributed by atoms with Crippen LogP contribution in [0.5, 0.6) is 0 Å². The lowest BCUT2D eigenvalue weighted by Gasteiger charge is -2.09. The van der Waals surface area contributed by atoms with E-state index in [2.05, 4.69) is 9.42 Å². The Morgan fingerprint density at radius 1 is 2.33 bits per heavy atom. The van der Waals surface area contributed by atoms with Crippen molar-refractivity contribution in [2.45, 2.75) is 0 Å². The summed E-state index contributed by atoms with van der Waals surface area (Å²) in [6.45, 7) is 0. The van der Waals surface area contributed by atoms with Crippen molar-refractivity contribution in [2.24, 2.45) is 0 Å². The van der Waals surface area contributed by atoms with E-state index in [1.54, 1.807) is 0 Å². The van der Waals surface area contributed by atoms with Crippen LogP contribution in [0.25, 0.3) is 0 Å². The van der Waals surface area contributed by atoms with Gasteiger partial charge in [-0.25, -0.2) is 0 Å². The molecule has 0 aliphatic carbocycles. The molecule has 1 N–H and O–H groups in total. The fourth-order valence-corrected chi connectivity index (χ4v) is 0. The van der Waals surface area contributed by atoms with E-state index in [0.717, 1.165) is 7.11 Å². The first-order valence-corrected chi connectivity index (χ1v) is 2.60. The van der Waals surface area contributed by atoms with E-state index in [1.165, 1.54) is 0 Å². The van der Waals surface area contributed by atoms with Gasteiger partial charge in [0.25, 0.3) is 7.82 Å². The number of hydrogen-bond donors (Lipinski definition) is 1. The van der Waals surface area contributed by atoms with Crippen molar-refractivity contribution >= 4 is 7.82 Å². The van der Waals surface area contributed by atoms with Crippen LogP contribution in [0.15, 0.2) is 0 Å². The van der Waals surface area contributed by atoms with Crippen molar-refractivity contribution < 1.29 is 18.9 Å². The molecule has 0 rings (SSSR count). The molecular weight excluding hydrogens is 107 g/mol. The van der Waals surface area contributed by atoms with Crippen LogP contribution in [0, 0.1) is 0 Å². The van der Waals surface area contributed by atoms with Crippen LogP contribution in [-0.4, -0.2) is 13.4 Å². The Balaban J connectivity index is 3.61. The van der Waals surface area contributed by atoms with Gasteiger partial charge in [0.2, 0.25) is 1.43 Å². The van der Waals surface area contributed by atoms with E-state index < -0.39 is 7.82 Å². The summed E-state index contributed by atoms with van der Waals surface area (Å²) < 4.78 is 19.2. The Kier molecular flexibility index (Phi) is 1.22. The summed E-state index contributed by atoms with van der Waals surface area (Å²) >= 11 is 0. The van der Waals surface area contributed by atoms with E-state index in [4.69, 9.17) is 1.43 Å². The molecule has 0 heterocycles. The summed E-state index contributed by atoms with van der Waals surface area (Å²) in [5.41, 5.74) is 0. The molecule has 38 valence electrons. The van der Waals surface area contributed by atoms with Crippen molar-refractivity contribution in [3.8, 4) is 0 Å². The third kappa shape index (κ3) is 4.11. The summed E-state index contributed by atoms with van der Waals surface area (Å²) in [5, 5.41) is 0. The summed E-state index contributed by atoms with van der Waals surface area (Å²) in [4.78, 5) is 12.9. The summed E-state index contributed by atoms with van der Waals surface area (Å²) in [7, 11) is -3.32. The Morgan fingerprint density at radius 2 is 2.83 bits per heavy atom. The maximum Gasteiger partial charge on any atom is 0.264 e. The van der Waals surface area contributed by atoms with Crippen LogP contribution in [0.3, 0.4) is 0 Å². The summed E-state index contributed by atoms with van der Waals surface area (Å²) in [5.74, 6) is 0. The molecular formula is CH4O4P-. The molecule has 0 aromatic rings. The van der Waals surface area contributed by atoms with E-state index in [0.29, 0.717) is 0 Å². The normalized spacial score (nSPS) is 22.0. The van der Waals surface area contributed by atoms with Gasteiger partial charge in [-0.1, -0.05) is 0 Å². The van der Waals surface area contributed by atoms with Crippen molar-refractivity contribution in [1.82, 2.24) is 0 Å². The van der Waals surface area contributed by atoms with Gasteiger partial charge in [0.1, 0.15) is 0 Å². The van der Waals surface area contributed by atoms with Crippen LogP contribution in [-0.2, 0) is 9.09 Å². The minimum absolute atomic E-state index is 0.919. The van der Waals surface area contributed by atoms with Crippen LogP contribution in [0.2, 0.25) is 0 Å². The fourth-order valence-electron chi connectivity index (χ4n) is 0. The lowest BCUT2D eigenvalue weighted by molar-refractivity contribution is -0.217. The number of hydrogen-bond acceptors (Lipinski definition) is 4. The van der Waals surface area contributed by atoms with E-state index in [-0.39, 0.29) is 0 Å². The standard InChI is InChI=1S/CH5O4P/c1-5-6(2,3)4/h1H3,(H2,2,3,4)/p-1/i/hD. The zero-order valence-electron chi connectivity index (χ0n) is 4.08. The first-order chi connectivity index (χ1) is 3.12. The highest BCUT2D eigenvalue weighted by Crippen LogP contribution is 2.27. The minimum atomic E-state index is -4.24. The fraction of sp³-hybridized carbons (Fsp3) is 1.00. The number of rotatable bonds is 2. The Labute approximate surface area is 36.5 Å². The van der Waals surface area contributed by atoms with E-state index >= 15 is 0 Å². The second kappa shape index (κ2) is 1.71. The third-order valence-corrected chi connectivity index (χ3v) is 0.671. The van der Waals surface area contributed by atoms with Crippen molar-refractivity contribution in [3.05, 3.63) is 0 Å². The highest BCUT2D eigenvalue weighted by atomic mass is 31.2. The quantitative estimate of drug-likeness (QED) is 0.469. The maximum atomic E-state index is 9.76. The second-order valence-corrected chi connectivity index (χ2v) is 1.89. The Hall–Kier alpha value is 0.110. The highest BCUT2D eigenvalue weighted by Gasteiger charge is 1.91. The second-order valence-electron chi connectivity index (χ2n) is 0.630. The minimum Gasteiger partial charge on any atom is -0.756 e. The first kappa shape index (κ1) is 4.27. The highest BCUT2D eigenvalue weighted by molar-refractivity contribution is 7.44. The Morgan fingerprint density at radius 3 is 2.83 bits per heavy atom. The van der Waals surface area contributed by atoms with E-state index in [1.807, 2.05) is 0 Å². The zero-order valence-corrected chi connectivity index (χ0v) is 3.97. The molecule has 0 bridgehead atoms. The Bertz CT molecular complexity index is 83.7. The van der Waals surface area contributed by atoms with Gasteiger partial charge < -0.3 is 14.3 Å². The van der Waals surface area contributed by atoms with Gasteiger partial charge in [-0.15, -0.1) is 0 Å². The van der Waals surface area contributed by atoms with Gasteiger partial charge >= 0.3 is 0 Å². The molecule has 1 atom stereocenters. The monoisotopic (exact) mass is 112 g/mol. The van der Waals surface area contributed by atoms with Crippen molar-refractivity contribution in [3.63, 3.8) is 0 Å². The summed E-state index contributed by atoms with van der Waals surface area (Å²) in [6.07, 6.45) is 0. The molecule has 0 amide bonds. The largest absolute Gasteiger partial charge is 0.756 e. The molecule has 5 heteroatoms. The van der Waals surface area contributed by atoms with Crippen molar-refractivity contribution in [1.29, 1.82) is 1.43 Å². The van der Waals surface area contributed by atoms with Crippen LogP contribution < -0.4 is 4.89 Å². The average molecular weight is 112 g/mol. The number of phosphoric ester groups is 1. The van der Waals surface area contributed by atoms with Crippen LogP contribution in [0.1, 0.15) is 0 Å². The zero-order chi connectivity index (χ0) is 5.91. The number of phosphoric acid groups is 1. The lowest BCUT2D eigenvalue weighted by atomic mass is 11.8. The molecule has 0 saturated carbocycles. The molecule has 0 aliphatic rings. The molecule has 6 heavy (non-hydrogen) atoms. The SMILES string of the molecule is [2H]OP(=O)([O-])OC. The molecule has 0 saturated heterocycles. The predicted octanol–water partition coefficient (Wildman–Crippen LogP) is -0.907. The van der Waals surface area contributed by atoms with Crippen molar-refractivity contribution in [2.75, 3.05) is 7.11 Å². The topological polar surface area (TPSA) is 69.6 Å². The molecule has 0 aromatic heterocycles. The van der Waals surface area contributed by atoms with Crippen LogP contribution >= 0.6 is 7.82 Å². The molecule has 1 unspecified atom stereocenters. The third-order valence-electron chi connectivity index (χ3n) is 0.224. The van der Waals surface area contributed by atoms with Gasteiger partial charge in [-0.3, -0.25) is 4.57 Å². The van der Waals surface area contributed by atoms with Gasteiger partial charge in [0.05, 0.1) is 0 Å². The molecule has 0 fully saturated rings. The lowest BCUT2D eigenvalue weighted by Crippen LogP contribution is -1.99. The first-order valence-electron chi connectivity index (χ1n) is 1.55. The van der Waals surface area contributed by atoms with E-state index in [9.17, 15) is 9.46 Å². The molecule has 0 aliphatic heterocycles. The molecule has 4 nitrogen and oxygen atoms in total. The predicted molar refractivity (Wildman–Crippen MR) is 16.8 cm³/mol. The molecule has 0 aromatic carbocycles. The van der Waals surface area contributed by atoms with Gasteiger partial charge in [0.15, 0.2) is 0 Å². The van der Waals surface area contributed by atoms with Crippen LogP contribution in [0.4, 0.5) is 0 Å². The van der Waals surface area contributed by atoms with Gasteiger partial charge in [0, 0.05) is 7.11 Å². The summed E-state index contributed by atoms with van der Waals surface area (Å²) in [6, 6.07) is 0. The van der Waals surface area contributed by atoms with Gasteiger partial charge in [-0.05, 0) is 0 Å².